The van der Waals surface area contributed by atoms with Gasteiger partial charge in [0.2, 0.25) is 5.91 Å². The Morgan fingerprint density at radius 2 is 1.92 bits per heavy atom. The topological polar surface area (TPSA) is 75.0 Å². The van der Waals surface area contributed by atoms with Gasteiger partial charge in [0.05, 0.1) is 5.69 Å². The molecule has 1 unspecified atom stereocenters. The fourth-order valence-corrected chi connectivity index (χ4v) is 3.17. The number of nitrogens with two attached hydrogens (primary N) is 1. The van der Waals surface area contributed by atoms with Crippen molar-refractivity contribution >= 4 is 5.91 Å². The molecule has 3 N–H and O–H groups in total. The predicted molar refractivity (Wildman–Crippen MR) is 94.4 cm³/mol. The first-order chi connectivity index (χ1) is 11.5. The first kappa shape index (κ1) is 16.7. The maximum absolute atomic E-state index is 13.0. The van der Waals surface area contributed by atoms with Gasteiger partial charge in [-0.25, -0.2) is 0 Å². The van der Waals surface area contributed by atoms with Crippen molar-refractivity contribution in [3.63, 3.8) is 0 Å². The van der Waals surface area contributed by atoms with Crippen molar-refractivity contribution in [1.82, 2.24) is 15.1 Å². The third-order valence-corrected chi connectivity index (χ3v) is 4.82. The predicted octanol–water partition coefficient (Wildman–Crippen LogP) is 2.78. The van der Waals surface area contributed by atoms with Gasteiger partial charge in [0, 0.05) is 23.8 Å². The van der Waals surface area contributed by atoms with Gasteiger partial charge in [-0.05, 0) is 44.2 Å². The van der Waals surface area contributed by atoms with Crippen molar-refractivity contribution in [3.05, 3.63) is 52.3 Å². The molecule has 1 aliphatic carbocycles. The lowest BCUT2D eigenvalue weighted by Crippen LogP contribution is -2.40. The molecule has 1 aliphatic rings. The Morgan fingerprint density at radius 3 is 2.42 bits per heavy atom. The molecule has 0 saturated heterocycles. The first-order valence-corrected chi connectivity index (χ1v) is 8.66. The molecule has 1 fully saturated rings. The van der Waals surface area contributed by atoms with Gasteiger partial charge in [0.15, 0.2) is 0 Å². The van der Waals surface area contributed by atoms with Crippen molar-refractivity contribution in [3.8, 4) is 0 Å². The molecule has 0 spiro atoms. The van der Waals surface area contributed by atoms with Gasteiger partial charge >= 0.3 is 0 Å². The monoisotopic (exact) mass is 326 g/mol. The Hall–Kier alpha value is -2.14. The lowest BCUT2D eigenvalue weighted by Gasteiger charge is -2.26. The Bertz CT molecular complexity index is 696. The maximum Gasteiger partial charge on any atom is 0.244 e. The number of nitrogens with one attached hydrogen (secondary N) is 1. The number of amides is 1. The van der Waals surface area contributed by atoms with E-state index in [0.29, 0.717) is 12.6 Å². The lowest BCUT2D eigenvalue weighted by molar-refractivity contribution is -0.134. The van der Waals surface area contributed by atoms with Crippen LogP contribution in [0, 0.1) is 13.8 Å². The summed E-state index contributed by atoms with van der Waals surface area (Å²) in [5.41, 5.74) is 11.3. The van der Waals surface area contributed by atoms with Crippen LogP contribution in [0.25, 0.3) is 0 Å². The number of hydrogen-bond donors (Lipinski definition) is 2. The fourth-order valence-electron chi connectivity index (χ4n) is 3.17. The average molecular weight is 326 g/mol. The smallest absolute Gasteiger partial charge is 0.244 e. The van der Waals surface area contributed by atoms with Gasteiger partial charge in [0.25, 0.3) is 0 Å². The number of nitrogens with zero attached hydrogens (tertiary/aromatic N) is 2. The molecule has 5 nitrogen and oxygen atoms in total. The van der Waals surface area contributed by atoms with E-state index in [2.05, 4.69) is 41.4 Å². The number of hydrogen-bond acceptors (Lipinski definition) is 3. The van der Waals surface area contributed by atoms with Crippen LogP contribution in [0.3, 0.4) is 0 Å². The highest BCUT2D eigenvalue weighted by Crippen LogP contribution is 2.31. The number of aromatic amines is 1. The lowest BCUT2D eigenvalue weighted by atomic mass is 10.0. The molecule has 2 aromatic rings. The molecule has 24 heavy (non-hydrogen) atoms. The van der Waals surface area contributed by atoms with E-state index in [1.165, 1.54) is 5.56 Å². The molecule has 5 heteroatoms. The number of carbonyl (C=O) groups is 1. The summed E-state index contributed by atoms with van der Waals surface area (Å²) in [5.74, 6) is -0.00957. The zero-order valence-corrected chi connectivity index (χ0v) is 14.7. The van der Waals surface area contributed by atoms with Crippen LogP contribution in [0.15, 0.2) is 24.3 Å². The summed E-state index contributed by atoms with van der Waals surface area (Å²) >= 11 is 0. The molecule has 128 valence electrons. The van der Waals surface area contributed by atoms with Crippen molar-refractivity contribution in [2.24, 2.45) is 5.73 Å². The Balaban J connectivity index is 1.78. The molecule has 0 radical (unpaired) electrons. The third kappa shape index (κ3) is 3.36. The summed E-state index contributed by atoms with van der Waals surface area (Å²) in [5, 5.41) is 7.08. The van der Waals surface area contributed by atoms with Crippen molar-refractivity contribution < 1.29 is 4.79 Å². The normalized spacial score (nSPS) is 15.3. The number of aromatic nitrogens is 2. The van der Waals surface area contributed by atoms with Gasteiger partial charge in [-0.3, -0.25) is 9.89 Å². The number of carbonyl (C=O) groups excluding carboxylic acids is 1. The van der Waals surface area contributed by atoms with Gasteiger partial charge < -0.3 is 10.6 Å². The Morgan fingerprint density at radius 1 is 1.29 bits per heavy atom. The maximum atomic E-state index is 13.0. The molecular weight excluding hydrogens is 300 g/mol. The minimum absolute atomic E-state index is 0.00957. The Kier molecular flexibility index (Phi) is 4.71. The van der Waals surface area contributed by atoms with Crippen LogP contribution in [0.5, 0.6) is 0 Å². The quantitative estimate of drug-likeness (QED) is 0.857. The number of benzene rings is 1. The van der Waals surface area contributed by atoms with Gasteiger partial charge in [-0.1, -0.05) is 31.2 Å². The van der Waals surface area contributed by atoms with Gasteiger partial charge in [-0.15, -0.1) is 0 Å². The van der Waals surface area contributed by atoms with Crippen LogP contribution in [0.1, 0.15) is 53.9 Å². The minimum Gasteiger partial charge on any atom is -0.334 e. The molecule has 3 rings (SSSR count). The summed E-state index contributed by atoms with van der Waals surface area (Å²) in [6.45, 7) is 6.56. The highest BCUT2D eigenvalue weighted by atomic mass is 16.2. The van der Waals surface area contributed by atoms with Crippen molar-refractivity contribution in [2.45, 2.75) is 58.7 Å². The second-order valence-electron chi connectivity index (χ2n) is 6.69. The van der Waals surface area contributed by atoms with Crippen LogP contribution in [0.4, 0.5) is 0 Å². The number of H-pyrrole nitrogens is 1. The van der Waals surface area contributed by atoms with Crippen LogP contribution in [-0.2, 0) is 17.8 Å². The molecule has 0 aliphatic heterocycles. The van der Waals surface area contributed by atoms with Crippen LogP contribution in [0.2, 0.25) is 0 Å². The van der Waals surface area contributed by atoms with E-state index in [4.69, 9.17) is 5.73 Å². The van der Waals surface area contributed by atoms with E-state index in [0.717, 1.165) is 41.8 Å². The molecule has 1 aromatic heterocycles. The van der Waals surface area contributed by atoms with E-state index < -0.39 is 6.04 Å². The van der Waals surface area contributed by atoms with Crippen LogP contribution < -0.4 is 5.73 Å². The zero-order valence-electron chi connectivity index (χ0n) is 14.7. The average Bonchev–Trinajstić information content (AvgIpc) is 3.37. The second kappa shape index (κ2) is 6.77. The van der Waals surface area contributed by atoms with E-state index in [1.54, 1.807) is 0 Å². The highest BCUT2D eigenvalue weighted by Gasteiger charge is 2.36. The van der Waals surface area contributed by atoms with Crippen molar-refractivity contribution in [2.75, 3.05) is 0 Å². The molecule has 1 atom stereocenters. The summed E-state index contributed by atoms with van der Waals surface area (Å²) < 4.78 is 0. The standard InChI is InChI=1S/C19H26N4O/c1-4-14-5-7-15(8-6-14)11-23(16-9-10-16)19(24)18(20)17-12(2)21-22-13(17)3/h5-8,16,18H,4,9-11,20H2,1-3H3,(H,21,22). The van der Waals surface area contributed by atoms with Crippen molar-refractivity contribution in [1.29, 1.82) is 0 Å². The fraction of sp³-hybridized carbons (Fsp3) is 0.474. The molecule has 1 amide bonds. The highest BCUT2D eigenvalue weighted by molar-refractivity contribution is 5.84. The van der Waals surface area contributed by atoms with Gasteiger partial charge in [0.1, 0.15) is 6.04 Å². The van der Waals surface area contributed by atoms with Crippen LogP contribution >= 0.6 is 0 Å². The summed E-state index contributed by atoms with van der Waals surface area (Å²) in [6, 6.07) is 8.16. The first-order valence-electron chi connectivity index (χ1n) is 8.66. The molecule has 0 bridgehead atoms. The third-order valence-electron chi connectivity index (χ3n) is 4.82. The van der Waals surface area contributed by atoms with E-state index in [9.17, 15) is 4.79 Å². The minimum atomic E-state index is -0.653. The zero-order chi connectivity index (χ0) is 17.3. The van der Waals surface area contributed by atoms with Crippen LogP contribution in [-0.4, -0.2) is 27.0 Å². The van der Waals surface area contributed by atoms with E-state index in [1.807, 2.05) is 18.7 Å². The Labute approximate surface area is 143 Å². The molecule has 1 aromatic carbocycles. The van der Waals surface area contributed by atoms with E-state index >= 15 is 0 Å². The largest absolute Gasteiger partial charge is 0.334 e. The summed E-state index contributed by atoms with van der Waals surface area (Å²) in [6.07, 6.45) is 3.15. The summed E-state index contributed by atoms with van der Waals surface area (Å²) in [4.78, 5) is 15.0. The molecular formula is C19H26N4O. The molecule has 1 heterocycles. The number of aryl methyl sites for hydroxylation is 3. The molecule has 1 saturated carbocycles. The number of rotatable bonds is 6. The van der Waals surface area contributed by atoms with Gasteiger partial charge in [-0.2, -0.15) is 5.10 Å². The SMILES string of the molecule is CCc1ccc(CN(C(=O)C(N)c2c(C)n[nH]c2C)C2CC2)cc1. The summed E-state index contributed by atoms with van der Waals surface area (Å²) in [7, 11) is 0. The van der Waals surface area contributed by atoms with E-state index in [-0.39, 0.29) is 5.91 Å². The second-order valence-corrected chi connectivity index (χ2v) is 6.69.